The zero-order chi connectivity index (χ0) is 18.5. The fourth-order valence-corrected chi connectivity index (χ4v) is 2.89. The number of halogens is 2. The largest absolute Gasteiger partial charge is 0.490 e. The van der Waals surface area contributed by atoms with E-state index in [-0.39, 0.29) is 12.0 Å². The van der Waals surface area contributed by atoms with E-state index in [1.54, 1.807) is 11.0 Å². The highest BCUT2D eigenvalue weighted by molar-refractivity contribution is 5.91. The van der Waals surface area contributed by atoms with Crippen LogP contribution in [0, 0.1) is 18.6 Å². The van der Waals surface area contributed by atoms with Gasteiger partial charge in [-0.1, -0.05) is 29.8 Å². The van der Waals surface area contributed by atoms with E-state index in [9.17, 15) is 13.6 Å². The van der Waals surface area contributed by atoms with Gasteiger partial charge in [0.1, 0.15) is 11.9 Å². The van der Waals surface area contributed by atoms with Crippen molar-refractivity contribution < 1.29 is 18.3 Å². The molecule has 1 fully saturated rings. The van der Waals surface area contributed by atoms with Crippen LogP contribution < -0.4 is 4.74 Å². The number of hydrogen-bond acceptors (Lipinski definition) is 2. The molecule has 0 aliphatic carbocycles. The molecule has 0 unspecified atom stereocenters. The van der Waals surface area contributed by atoms with Crippen LogP contribution in [0.5, 0.6) is 5.75 Å². The summed E-state index contributed by atoms with van der Waals surface area (Å²) in [4.78, 5) is 14.1. The fourth-order valence-electron chi connectivity index (χ4n) is 2.89. The van der Waals surface area contributed by atoms with Crippen LogP contribution in [0.25, 0.3) is 6.08 Å². The maximum Gasteiger partial charge on any atom is 0.246 e. The summed E-state index contributed by atoms with van der Waals surface area (Å²) < 4.78 is 31.9. The number of amides is 1. The zero-order valence-electron chi connectivity index (χ0n) is 14.6. The van der Waals surface area contributed by atoms with Crippen LogP contribution in [0.4, 0.5) is 8.78 Å². The minimum absolute atomic E-state index is 0.0307. The summed E-state index contributed by atoms with van der Waals surface area (Å²) in [6.07, 6.45) is 4.60. The fraction of sp³-hybridized carbons (Fsp3) is 0.286. The van der Waals surface area contributed by atoms with E-state index in [2.05, 4.69) is 0 Å². The molecular formula is C21H21F2NO2. The molecule has 0 saturated carbocycles. The Labute approximate surface area is 151 Å². The van der Waals surface area contributed by atoms with Crippen molar-refractivity contribution in [2.24, 2.45) is 0 Å². The smallest absolute Gasteiger partial charge is 0.246 e. The number of aryl methyl sites for hydroxylation is 1. The number of rotatable bonds is 4. The maximum absolute atomic E-state index is 13.2. The van der Waals surface area contributed by atoms with Crippen molar-refractivity contribution in [3.8, 4) is 5.75 Å². The number of nitrogens with zero attached hydrogens (tertiary/aromatic N) is 1. The van der Waals surface area contributed by atoms with Gasteiger partial charge >= 0.3 is 0 Å². The normalized spacial score (nSPS) is 15.4. The molecule has 26 heavy (non-hydrogen) atoms. The zero-order valence-corrected chi connectivity index (χ0v) is 14.6. The predicted molar refractivity (Wildman–Crippen MR) is 96.8 cm³/mol. The first kappa shape index (κ1) is 18.1. The Morgan fingerprint density at radius 2 is 1.77 bits per heavy atom. The molecule has 0 spiro atoms. The molecule has 0 N–H and O–H groups in total. The van der Waals surface area contributed by atoms with Gasteiger partial charge in [0.15, 0.2) is 11.6 Å². The van der Waals surface area contributed by atoms with Gasteiger partial charge in [0.05, 0.1) is 0 Å². The van der Waals surface area contributed by atoms with Crippen LogP contribution in [0.3, 0.4) is 0 Å². The van der Waals surface area contributed by atoms with Gasteiger partial charge in [0, 0.05) is 38.1 Å². The summed E-state index contributed by atoms with van der Waals surface area (Å²) in [7, 11) is 0. The molecule has 1 aliphatic rings. The van der Waals surface area contributed by atoms with Gasteiger partial charge in [-0.05, 0) is 30.7 Å². The Balaban J connectivity index is 1.50. The van der Waals surface area contributed by atoms with Crippen LogP contribution in [0.1, 0.15) is 24.0 Å². The lowest BCUT2D eigenvalue weighted by Gasteiger charge is -2.31. The summed E-state index contributed by atoms with van der Waals surface area (Å²) in [6, 6.07) is 11.5. The Morgan fingerprint density at radius 1 is 1.08 bits per heavy atom. The number of piperidine rings is 1. The molecule has 3 nitrogen and oxygen atoms in total. The number of hydrogen-bond donors (Lipinski definition) is 0. The van der Waals surface area contributed by atoms with Gasteiger partial charge in [0.25, 0.3) is 0 Å². The molecule has 0 aromatic heterocycles. The van der Waals surface area contributed by atoms with E-state index in [0.717, 1.165) is 17.7 Å². The number of benzene rings is 2. The molecule has 2 aromatic rings. The van der Waals surface area contributed by atoms with Crippen LogP contribution in [0.2, 0.25) is 0 Å². The molecule has 3 rings (SSSR count). The van der Waals surface area contributed by atoms with Crippen molar-refractivity contribution in [1.82, 2.24) is 4.90 Å². The average Bonchev–Trinajstić information content (AvgIpc) is 2.65. The van der Waals surface area contributed by atoms with Gasteiger partial charge in [-0.3, -0.25) is 4.79 Å². The third-order valence-electron chi connectivity index (χ3n) is 4.44. The monoisotopic (exact) mass is 357 g/mol. The molecule has 2 aromatic carbocycles. The summed E-state index contributed by atoms with van der Waals surface area (Å²) >= 11 is 0. The highest BCUT2D eigenvalue weighted by Gasteiger charge is 2.23. The first-order valence-electron chi connectivity index (χ1n) is 8.66. The predicted octanol–water partition coefficient (Wildman–Crippen LogP) is 4.36. The Kier molecular flexibility index (Phi) is 5.66. The Hall–Kier alpha value is -2.69. The van der Waals surface area contributed by atoms with Crippen molar-refractivity contribution in [1.29, 1.82) is 0 Å². The summed E-state index contributed by atoms with van der Waals surface area (Å²) in [6.45, 7) is 3.17. The first-order chi connectivity index (χ1) is 12.5. The van der Waals surface area contributed by atoms with Gasteiger partial charge in [-0.25, -0.2) is 8.78 Å². The topological polar surface area (TPSA) is 29.5 Å². The second-order valence-corrected chi connectivity index (χ2v) is 6.46. The molecule has 1 aliphatic heterocycles. The van der Waals surface area contributed by atoms with E-state index in [0.29, 0.717) is 31.7 Å². The van der Waals surface area contributed by atoms with Crippen molar-refractivity contribution in [2.45, 2.75) is 25.9 Å². The standard InChI is InChI=1S/C21H21F2NO2/c1-15-2-4-16(5-3-15)6-9-21(25)24-12-10-17(11-13-24)26-18-7-8-19(22)20(23)14-18/h2-9,14,17H,10-13H2,1H3/b9-6+. The molecule has 0 bridgehead atoms. The van der Waals surface area contributed by atoms with Crippen molar-refractivity contribution in [2.75, 3.05) is 13.1 Å². The van der Waals surface area contributed by atoms with E-state index in [4.69, 9.17) is 4.74 Å². The highest BCUT2D eigenvalue weighted by Crippen LogP contribution is 2.21. The second-order valence-electron chi connectivity index (χ2n) is 6.46. The number of carbonyl (C=O) groups excluding carboxylic acids is 1. The molecule has 0 atom stereocenters. The molecule has 1 heterocycles. The molecule has 5 heteroatoms. The van der Waals surface area contributed by atoms with Crippen molar-refractivity contribution >= 4 is 12.0 Å². The van der Waals surface area contributed by atoms with E-state index in [1.165, 1.54) is 11.6 Å². The number of carbonyl (C=O) groups is 1. The second kappa shape index (κ2) is 8.13. The lowest BCUT2D eigenvalue weighted by molar-refractivity contribution is -0.127. The number of likely N-dealkylation sites (tertiary alicyclic amines) is 1. The lowest BCUT2D eigenvalue weighted by Crippen LogP contribution is -2.41. The van der Waals surface area contributed by atoms with Gasteiger partial charge in [0.2, 0.25) is 5.91 Å². The van der Waals surface area contributed by atoms with Crippen LogP contribution in [-0.4, -0.2) is 30.0 Å². The van der Waals surface area contributed by atoms with Crippen LogP contribution >= 0.6 is 0 Å². The maximum atomic E-state index is 13.2. The van der Waals surface area contributed by atoms with Gasteiger partial charge in [-0.15, -0.1) is 0 Å². The molecule has 0 radical (unpaired) electrons. The quantitative estimate of drug-likeness (QED) is 0.761. The van der Waals surface area contributed by atoms with Gasteiger partial charge < -0.3 is 9.64 Å². The first-order valence-corrected chi connectivity index (χ1v) is 8.66. The lowest BCUT2D eigenvalue weighted by atomic mass is 10.1. The molecular weight excluding hydrogens is 336 g/mol. The van der Waals surface area contributed by atoms with Crippen molar-refractivity contribution in [3.63, 3.8) is 0 Å². The Bertz CT molecular complexity index is 794. The highest BCUT2D eigenvalue weighted by atomic mass is 19.2. The van der Waals surface area contributed by atoms with E-state index in [1.807, 2.05) is 37.3 Å². The molecule has 136 valence electrons. The van der Waals surface area contributed by atoms with Gasteiger partial charge in [-0.2, -0.15) is 0 Å². The third kappa shape index (κ3) is 4.69. The average molecular weight is 357 g/mol. The van der Waals surface area contributed by atoms with E-state index < -0.39 is 11.6 Å². The minimum atomic E-state index is -0.920. The van der Waals surface area contributed by atoms with Crippen LogP contribution in [-0.2, 0) is 4.79 Å². The molecule has 1 saturated heterocycles. The van der Waals surface area contributed by atoms with Crippen LogP contribution in [0.15, 0.2) is 48.5 Å². The minimum Gasteiger partial charge on any atom is -0.490 e. The Morgan fingerprint density at radius 3 is 2.42 bits per heavy atom. The summed E-state index contributed by atoms with van der Waals surface area (Å²) in [5.74, 6) is -1.53. The third-order valence-corrected chi connectivity index (χ3v) is 4.44. The summed E-state index contributed by atoms with van der Waals surface area (Å²) in [5.41, 5.74) is 2.16. The molecule has 1 amide bonds. The SMILES string of the molecule is Cc1ccc(/C=C/C(=O)N2CCC(Oc3ccc(F)c(F)c3)CC2)cc1. The summed E-state index contributed by atoms with van der Waals surface area (Å²) in [5, 5.41) is 0. The number of ether oxygens (including phenoxy) is 1. The van der Waals surface area contributed by atoms with Crippen molar-refractivity contribution in [3.05, 3.63) is 71.3 Å². The van der Waals surface area contributed by atoms with E-state index >= 15 is 0 Å².